The highest BCUT2D eigenvalue weighted by Gasteiger charge is 2.27. The Bertz CT molecular complexity index is 823. The van der Waals surface area contributed by atoms with E-state index in [0.29, 0.717) is 5.92 Å². The van der Waals surface area contributed by atoms with Gasteiger partial charge in [0.25, 0.3) is 0 Å². The van der Waals surface area contributed by atoms with E-state index in [1.54, 1.807) is 13.4 Å². The van der Waals surface area contributed by atoms with Gasteiger partial charge in [-0.1, -0.05) is 12.1 Å². The van der Waals surface area contributed by atoms with Crippen molar-refractivity contribution in [2.24, 2.45) is 10.9 Å². The zero-order chi connectivity index (χ0) is 22.0. The second kappa shape index (κ2) is 13.8. The summed E-state index contributed by atoms with van der Waals surface area (Å²) in [7, 11) is 1.70. The van der Waals surface area contributed by atoms with Crippen LogP contribution in [0, 0.1) is 5.92 Å². The first kappa shape index (κ1) is 25.8. The van der Waals surface area contributed by atoms with E-state index in [-0.39, 0.29) is 24.0 Å². The molecule has 2 aliphatic heterocycles. The molecular formula is C25H37IN4O3. The van der Waals surface area contributed by atoms with Crippen LogP contribution in [0.3, 0.4) is 0 Å². The number of nitrogens with one attached hydrogen (secondary N) is 1. The van der Waals surface area contributed by atoms with Crippen LogP contribution in [0.4, 0.5) is 0 Å². The van der Waals surface area contributed by atoms with Crippen molar-refractivity contribution >= 4 is 29.9 Å². The van der Waals surface area contributed by atoms with E-state index in [1.165, 1.54) is 12.0 Å². The highest BCUT2D eigenvalue weighted by atomic mass is 127. The molecule has 0 saturated carbocycles. The van der Waals surface area contributed by atoms with Crippen LogP contribution in [0.5, 0.6) is 5.75 Å². The van der Waals surface area contributed by atoms with Crippen molar-refractivity contribution < 1.29 is 13.9 Å². The second-order valence-corrected chi connectivity index (χ2v) is 8.57. The van der Waals surface area contributed by atoms with Crippen molar-refractivity contribution in [2.45, 2.75) is 19.3 Å². The number of halogens is 1. The summed E-state index contributed by atoms with van der Waals surface area (Å²) in [5.41, 5.74) is 1.29. The van der Waals surface area contributed by atoms with Gasteiger partial charge in [-0.15, -0.1) is 24.0 Å². The molecule has 2 saturated heterocycles. The van der Waals surface area contributed by atoms with Crippen molar-refractivity contribution in [3.63, 3.8) is 0 Å². The van der Waals surface area contributed by atoms with E-state index in [0.717, 1.165) is 89.3 Å². The zero-order valence-corrected chi connectivity index (χ0v) is 21.9. The first-order valence-corrected chi connectivity index (χ1v) is 11.8. The van der Waals surface area contributed by atoms with Crippen LogP contribution in [0.15, 0.2) is 52.1 Å². The summed E-state index contributed by atoms with van der Waals surface area (Å²) in [4.78, 5) is 9.91. The minimum atomic E-state index is 0. The largest absolute Gasteiger partial charge is 0.497 e. The molecule has 4 rings (SSSR count). The van der Waals surface area contributed by atoms with Crippen molar-refractivity contribution in [3.8, 4) is 5.75 Å². The SMILES string of the molecule is COc1ccc(CCNC(=NCCc2ccco2)N2CCC(CN3CCOCC3)C2)cc1.I. The Kier molecular flexibility index (Phi) is 10.8. The number of benzene rings is 1. The van der Waals surface area contributed by atoms with E-state index in [9.17, 15) is 0 Å². The van der Waals surface area contributed by atoms with Crippen molar-refractivity contribution in [1.82, 2.24) is 15.1 Å². The summed E-state index contributed by atoms with van der Waals surface area (Å²) in [6.07, 6.45) is 4.71. The molecule has 0 spiro atoms. The molecule has 8 heteroatoms. The third kappa shape index (κ3) is 8.19. The number of rotatable bonds is 9. The molecule has 1 unspecified atom stereocenters. The number of aliphatic imine (C=N–C) groups is 1. The second-order valence-electron chi connectivity index (χ2n) is 8.57. The van der Waals surface area contributed by atoms with E-state index in [2.05, 4.69) is 27.2 Å². The number of furan rings is 1. The number of hydrogen-bond donors (Lipinski definition) is 1. The van der Waals surface area contributed by atoms with Crippen LogP contribution in [0.25, 0.3) is 0 Å². The molecule has 1 aromatic heterocycles. The number of likely N-dealkylation sites (tertiary alicyclic amines) is 1. The smallest absolute Gasteiger partial charge is 0.193 e. The van der Waals surface area contributed by atoms with E-state index >= 15 is 0 Å². The summed E-state index contributed by atoms with van der Waals surface area (Å²) in [5, 5.41) is 3.62. The van der Waals surface area contributed by atoms with E-state index < -0.39 is 0 Å². The van der Waals surface area contributed by atoms with Gasteiger partial charge in [-0.05, 0) is 48.6 Å². The average molecular weight is 569 g/mol. The molecule has 7 nitrogen and oxygen atoms in total. The highest BCUT2D eigenvalue weighted by molar-refractivity contribution is 14.0. The first-order valence-electron chi connectivity index (χ1n) is 11.8. The number of guanidine groups is 1. The molecule has 0 radical (unpaired) electrons. The highest BCUT2D eigenvalue weighted by Crippen LogP contribution is 2.18. The fourth-order valence-electron chi connectivity index (χ4n) is 4.43. The number of methoxy groups -OCH3 is 1. The lowest BCUT2D eigenvalue weighted by molar-refractivity contribution is 0.0315. The van der Waals surface area contributed by atoms with E-state index in [1.807, 2.05) is 24.3 Å². The summed E-state index contributed by atoms with van der Waals surface area (Å²) >= 11 is 0. The number of morpholine rings is 1. The molecule has 2 aromatic rings. The molecule has 0 bridgehead atoms. The lowest BCUT2D eigenvalue weighted by Crippen LogP contribution is -2.43. The normalized spacial score (nSPS) is 19.4. The fraction of sp³-hybridized carbons (Fsp3) is 0.560. The van der Waals surface area contributed by atoms with Gasteiger partial charge in [-0.25, -0.2) is 0 Å². The molecule has 3 heterocycles. The summed E-state index contributed by atoms with van der Waals surface area (Å²) < 4.78 is 16.2. The van der Waals surface area contributed by atoms with Crippen LogP contribution < -0.4 is 10.1 Å². The predicted molar refractivity (Wildman–Crippen MR) is 142 cm³/mol. The topological polar surface area (TPSA) is 62.5 Å². The van der Waals surface area contributed by atoms with Crippen LogP contribution in [-0.2, 0) is 17.6 Å². The summed E-state index contributed by atoms with van der Waals surface area (Å²) in [5.74, 6) is 3.59. The zero-order valence-electron chi connectivity index (χ0n) is 19.6. The molecule has 1 N–H and O–H groups in total. The van der Waals surface area contributed by atoms with Crippen molar-refractivity contribution in [2.75, 3.05) is 66.1 Å². The molecule has 1 aromatic carbocycles. The Morgan fingerprint density at radius 1 is 1.12 bits per heavy atom. The van der Waals surface area contributed by atoms with Crippen LogP contribution in [-0.4, -0.2) is 81.9 Å². The van der Waals surface area contributed by atoms with Crippen molar-refractivity contribution in [3.05, 3.63) is 54.0 Å². The van der Waals surface area contributed by atoms with Crippen LogP contribution in [0.1, 0.15) is 17.7 Å². The molecule has 0 aliphatic carbocycles. The first-order chi connectivity index (χ1) is 15.8. The maximum absolute atomic E-state index is 5.50. The standard InChI is InChI=1S/C25H36N4O3.HI/c1-30-23-6-4-21(5-7-23)8-11-26-25(27-12-9-24-3-2-16-32-24)29-13-10-22(20-29)19-28-14-17-31-18-15-28;/h2-7,16,22H,8-15,17-20H2,1H3,(H,26,27);1H. The number of hydrogen-bond acceptors (Lipinski definition) is 5. The van der Waals surface area contributed by atoms with E-state index in [4.69, 9.17) is 18.9 Å². The molecule has 2 fully saturated rings. The molecular weight excluding hydrogens is 531 g/mol. The summed E-state index contributed by atoms with van der Waals surface area (Å²) in [6.45, 7) is 8.70. The van der Waals surface area contributed by atoms with Gasteiger partial charge in [0, 0.05) is 52.2 Å². The van der Waals surface area contributed by atoms with Gasteiger partial charge in [-0.3, -0.25) is 9.89 Å². The summed E-state index contributed by atoms with van der Waals surface area (Å²) in [6, 6.07) is 12.2. The van der Waals surface area contributed by atoms with Gasteiger partial charge < -0.3 is 24.1 Å². The van der Waals surface area contributed by atoms with Gasteiger partial charge >= 0.3 is 0 Å². The van der Waals surface area contributed by atoms with Gasteiger partial charge in [0.1, 0.15) is 11.5 Å². The fourth-order valence-corrected chi connectivity index (χ4v) is 4.43. The van der Waals surface area contributed by atoms with Crippen molar-refractivity contribution in [1.29, 1.82) is 0 Å². The van der Waals surface area contributed by atoms with Gasteiger partial charge in [0.05, 0.1) is 26.6 Å². The minimum absolute atomic E-state index is 0. The predicted octanol–water partition coefficient (Wildman–Crippen LogP) is 3.29. The lowest BCUT2D eigenvalue weighted by atomic mass is 10.1. The third-order valence-electron chi connectivity index (χ3n) is 6.26. The molecule has 1 atom stereocenters. The van der Waals surface area contributed by atoms with Crippen LogP contribution in [0.2, 0.25) is 0 Å². The monoisotopic (exact) mass is 568 g/mol. The molecule has 182 valence electrons. The lowest BCUT2D eigenvalue weighted by Gasteiger charge is -2.29. The Hall–Kier alpha value is -1.78. The van der Waals surface area contributed by atoms with Gasteiger partial charge in [0.2, 0.25) is 0 Å². The number of nitrogens with zero attached hydrogens (tertiary/aromatic N) is 3. The van der Waals surface area contributed by atoms with Gasteiger partial charge in [0.15, 0.2) is 5.96 Å². The Labute approximate surface area is 214 Å². The molecule has 0 amide bonds. The third-order valence-corrected chi connectivity index (χ3v) is 6.26. The number of ether oxygens (including phenoxy) is 2. The van der Waals surface area contributed by atoms with Crippen LogP contribution >= 0.6 is 24.0 Å². The van der Waals surface area contributed by atoms with Gasteiger partial charge in [-0.2, -0.15) is 0 Å². The Morgan fingerprint density at radius 2 is 1.94 bits per heavy atom. The Balaban J connectivity index is 0.00000306. The molecule has 2 aliphatic rings. The minimum Gasteiger partial charge on any atom is -0.497 e. The maximum atomic E-state index is 5.50. The maximum Gasteiger partial charge on any atom is 0.193 e. The average Bonchev–Trinajstić information content (AvgIpc) is 3.52. The quantitative estimate of drug-likeness (QED) is 0.285. The molecule has 33 heavy (non-hydrogen) atoms. The Morgan fingerprint density at radius 3 is 2.67 bits per heavy atom.